The molecular formula is C20H36N2O4. The quantitative estimate of drug-likeness (QED) is 0.201. The monoisotopic (exact) mass is 368 g/mol. The van der Waals surface area contributed by atoms with Gasteiger partial charge in [-0.15, -0.1) is 0 Å². The predicted octanol–water partition coefficient (Wildman–Crippen LogP) is 3.26. The van der Waals surface area contributed by atoms with E-state index in [0.717, 1.165) is 25.7 Å². The van der Waals surface area contributed by atoms with Crippen molar-refractivity contribution in [2.24, 2.45) is 0 Å². The smallest absolute Gasteiger partial charge is 0.309 e. The molecule has 0 aromatic rings. The Morgan fingerprint density at radius 1 is 0.769 bits per heavy atom. The normalized spacial score (nSPS) is 10.7. The summed E-state index contributed by atoms with van der Waals surface area (Å²) in [7, 11) is 2.87. The molecule has 0 saturated heterocycles. The Labute approximate surface area is 158 Å². The highest BCUT2D eigenvalue weighted by atomic mass is 16.5. The molecule has 2 N–H and O–H groups in total. The standard InChI is InChI=1S/C20H36N2O4/c1-21-19(24)20(25)22-17-15-13-11-9-7-5-3-4-6-8-10-12-14-16-18(23)26-2/h13,15H,3-12,14,16-17H2,1-2H3,(H,21,24)(H,22,25). The van der Waals surface area contributed by atoms with Crippen molar-refractivity contribution in [3.05, 3.63) is 12.2 Å². The fraction of sp³-hybridized carbons (Fsp3) is 0.750. The second-order valence-electron chi connectivity index (χ2n) is 6.41. The van der Waals surface area contributed by atoms with E-state index < -0.39 is 11.8 Å². The van der Waals surface area contributed by atoms with Crippen molar-refractivity contribution >= 4 is 17.8 Å². The van der Waals surface area contributed by atoms with E-state index in [1.807, 2.05) is 6.08 Å². The average Bonchev–Trinajstić information content (AvgIpc) is 2.66. The number of unbranched alkanes of at least 4 members (excludes halogenated alkanes) is 10. The summed E-state index contributed by atoms with van der Waals surface area (Å²) in [5.41, 5.74) is 0. The van der Waals surface area contributed by atoms with Gasteiger partial charge in [0.15, 0.2) is 0 Å². The molecule has 0 spiro atoms. The molecular weight excluding hydrogens is 332 g/mol. The van der Waals surface area contributed by atoms with Crippen LogP contribution in [-0.2, 0) is 19.1 Å². The van der Waals surface area contributed by atoms with Crippen LogP contribution in [0.25, 0.3) is 0 Å². The zero-order chi connectivity index (χ0) is 19.5. The van der Waals surface area contributed by atoms with Crippen LogP contribution >= 0.6 is 0 Å². The number of allylic oxidation sites excluding steroid dienone is 1. The fourth-order valence-electron chi connectivity index (χ4n) is 2.59. The van der Waals surface area contributed by atoms with Gasteiger partial charge in [0.1, 0.15) is 0 Å². The Morgan fingerprint density at radius 3 is 1.85 bits per heavy atom. The van der Waals surface area contributed by atoms with Crippen LogP contribution in [0, 0.1) is 0 Å². The highest BCUT2D eigenvalue weighted by Crippen LogP contribution is 2.12. The van der Waals surface area contributed by atoms with Crippen LogP contribution in [0.5, 0.6) is 0 Å². The van der Waals surface area contributed by atoms with E-state index in [9.17, 15) is 14.4 Å². The van der Waals surface area contributed by atoms with Crippen LogP contribution in [0.4, 0.5) is 0 Å². The minimum atomic E-state index is -0.611. The number of likely N-dealkylation sites (N-methyl/N-ethyl adjacent to an activating group) is 1. The third kappa shape index (κ3) is 15.7. The summed E-state index contributed by atoms with van der Waals surface area (Å²) in [5, 5.41) is 4.81. The van der Waals surface area contributed by atoms with Crippen molar-refractivity contribution < 1.29 is 19.1 Å². The van der Waals surface area contributed by atoms with Gasteiger partial charge in [-0.1, -0.05) is 63.5 Å². The van der Waals surface area contributed by atoms with Crippen LogP contribution in [0.15, 0.2) is 12.2 Å². The second-order valence-corrected chi connectivity index (χ2v) is 6.41. The van der Waals surface area contributed by atoms with Crippen LogP contribution < -0.4 is 10.6 Å². The third-order valence-corrected chi connectivity index (χ3v) is 4.21. The predicted molar refractivity (Wildman–Crippen MR) is 104 cm³/mol. The lowest BCUT2D eigenvalue weighted by molar-refractivity contribution is -0.140. The number of methoxy groups -OCH3 is 1. The molecule has 6 heteroatoms. The highest BCUT2D eigenvalue weighted by molar-refractivity contribution is 6.35. The van der Waals surface area contributed by atoms with E-state index in [2.05, 4.69) is 21.4 Å². The van der Waals surface area contributed by atoms with Gasteiger partial charge in [0.05, 0.1) is 7.11 Å². The molecule has 0 fully saturated rings. The minimum absolute atomic E-state index is 0.103. The third-order valence-electron chi connectivity index (χ3n) is 4.21. The molecule has 0 aromatic heterocycles. The lowest BCUT2D eigenvalue weighted by Gasteiger charge is -2.02. The topological polar surface area (TPSA) is 84.5 Å². The molecule has 0 atom stereocenters. The van der Waals surface area contributed by atoms with E-state index >= 15 is 0 Å². The maximum absolute atomic E-state index is 11.2. The lowest BCUT2D eigenvalue weighted by Crippen LogP contribution is -2.38. The van der Waals surface area contributed by atoms with Gasteiger partial charge in [0.2, 0.25) is 0 Å². The fourth-order valence-corrected chi connectivity index (χ4v) is 2.59. The Hall–Kier alpha value is -1.85. The number of carbonyl (C=O) groups excluding carboxylic acids is 3. The Bertz CT molecular complexity index is 422. The van der Waals surface area contributed by atoms with Gasteiger partial charge in [-0.25, -0.2) is 0 Å². The van der Waals surface area contributed by atoms with Crippen LogP contribution in [0.1, 0.15) is 77.0 Å². The summed E-state index contributed by atoms with van der Waals surface area (Å²) < 4.78 is 4.62. The Kier molecular flexibility index (Phi) is 16.7. The van der Waals surface area contributed by atoms with Crippen LogP contribution in [0.3, 0.4) is 0 Å². The van der Waals surface area contributed by atoms with Gasteiger partial charge in [-0.2, -0.15) is 0 Å². The molecule has 0 aliphatic heterocycles. The first-order chi connectivity index (χ1) is 12.6. The maximum Gasteiger partial charge on any atom is 0.309 e. The molecule has 6 nitrogen and oxygen atoms in total. The van der Waals surface area contributed by atoms with E-state index in [4.69, 9.17) is 0 Å². The van der Waals surface area contributed by atoms with Crippen molar-refractivity contribution in [1.82, 2.24) is 10.6 Å². The number of esters is 1. The first kappa shape index (κ1) is 24.1. The van der Waals surface area contributed by atoms with Crippen molar-refractivity contribution in [3.8, 4) is 0 Å². The van der Waals surface area contributed by atoms with Gasteiger partial charge < -0.3 is 15.4 Å². The van der Waals surface area contributed by atoms with Crippen molar-refractivity contribution in [1.29, 1.82) is 0 Å². The van der Waals surface area contributed by atoms with Gasteiger partial charge in [0.25, 0.3) is 0 Å². The van der Waals surface area contributed by atoms with Gasteiger partial charge in [0, 0.05) is 20.0 Å². The molecule has 0 radical (unpaired) electrons. The molecule has 150 valence electrons. The van der Waals surface area contributed by atoms with E-state index in [1.54, 1.807) is 0 Å². The molecule has 0 aliphatic rings. The molecule has 0 bridgehead atoms. The van der Waals surface area contributed by atoms with Gasteiger partial charge in [-0.05, 0) is 19.3 Å². The number of rotatable bonds is 15. The molecule has 2 amide bonds. The van der Waals surface area contributed by atoms with E-state index in [-0.39, 0.29) is 5.97 Å². The average molecular weight is 369 g/mol. The van der Waals surface area contributed by atoms with Gasteiger partial charge in [-0.3, -0.25) is 14.4 Å². The summed E-state index contributed by atoms with van der Waals surface area (Å²) in [4.78, 5) is 33.1. The number of amides is 2. The summed E-state index contributed by atoms with van der Waals surface area (Å²) in [6.07, 6.45) is 17.5. The molecule has 0 aliphatic carbocycles. The lowest BCUT2D eigenvalue weighted by atomic mass is 10.1. The first-order valence-corrected chi connectivity index (χ1v) is 9.83. The van der Waals surface area contributed by atoms with E-state index in [0.29, 0.717) is 13.0 Å². The molecule has 0 rings (SSSR count). The molecule has 0 heterocycles. The van der Waals surface area contributed by atoms with Crippen molar-refractivity contribution in [3.63, 3.8) is 0 Å². The SMILES string of the molecule is CNC(=O)C(=O)NCC=CCCCCCCCCCCCCC(=O)OC. The summed E-state index contributed by atoms with van der Waals surface area (Å²) in [6, 6.07) is 0. The number of hydrogen-bond acceptors (Lipinski definition) is 4. The largest absolute Gasteiger partial charge is 0.469 e. The molecule has 0 aromatic carbocycles. The zero-order valence-electron chi connectivity index (χ0n) is 16.5. The summed E-state index contributed by atoms with van der Waals surface area (Å²) in [5.74, 6) is -1.31. The summed E-state index contributed by atoms with van der Waals surface area (Å²) >= 11 is 0. The number of nitrogens with one attached hydrogen (secondary N) is 2. The van der Waals surface area contributed by atoms with Crippen LogP contribution in [0.2, 0.25) is 0 Å². The number of carbonyl (C=O) groups is 3. The van der Waals surface area contributed by atoms with Crippen molar-refractivity contribution in [2.75, 3.05) is 20.7 Å². The molecule has 0 saturated carbocycles. The first-order valence-electron chi connectivity index (χ1n) is 9.83. The second kappa shape index (κ2) is 18.0. The Balaban J connectivity index is 3.24. The number of ether oxygens (including phenoxy) is 1. The van der Waals surface area contributed by atoms with Crippen LogP contribution in [-0.4, -0.2) is 38.5 Å². The van der Waals surface area contributed by atoms with Crippen molar-refractivity contribution in [2.45, 2.75) is 77.0 Å². The zero-order valence-corrected chi connectivity index (χ0v) is 16.5. The molecule has 0 unspecified atom stereocenters. The minimum Gasteiger partial charge on any atom is -0.469 e. The molecule has 26 heavy (non-hydrogen) atoms. The summed E-state index contributed by atoms with van der Waals surface area (Å²) in [6.45, 7) is 0.395. The maximum atomic E-state index is 11.2. The highest BCUT2D eigenvalue weighted by Gasteiger charge is 2.08. The van der Waals surface area contributed by atoms with E-state index in [1.165, 1.54) is 59.1 Å². The van der Waals surface area contributed by atoms with Gasteiger partial charge >= 0.3 is 17.8 Å². The Morgan fingerprint density at radius 2 is 1.31 bits per heavy atom. The number of hydrogen-bond donors (Lipinski definition) is 2.